The van der Waals surface area contributed by atoms with E-state index in [2.05, 4.69) is 10.5 Å². The van der Waals surface area contributed by atoms with E-state index in [1.54, 1.807) is 6.07 Å². The summed E-state index contributed by atoms with van der Waals surface area (Å²) in [6.07, 6.45) is 1.42. The Morgan fingerprint density at radius 3 is 2.71 bits per heavy atom. The Morgan fingerprint density at radius 1 is 1.29 bits per heavy atom. The molecular weight excluding hydrogens is 504 g/mol. The molecule has 2 aromatic carbocycles. The lowest BCUT2D eigenvalue weighted by Crippen LogP contribution is -2.39. The van der Waals surface area contributed by atoms with Gasteiger partial charge in [0.2, 0.25) is 0 Å². The van der Waals surface area contributed by atoms with Crippen LogP contribution in [0.3, 0.4) is 0 Å². The van der Waals surface area contributed by atoms with Crippen molar-refractivity contribution in [1.29, 1.82) is 0 Å². The van der Waals surface area contributed by atoms with Crippen LogP contribution in [-0.2, 0) is 14.8 Å². The van der Waals surface area contributed by atoms with Crippen LogP contribution in [0.2, 0.25) is 5.02 Å². The molecule has 34 heavy (non-hydrogen) atoms. The number of nitrogens with one attached hydrogen (secondary N) is 1. The van der Waals surface area contributed by atoms with E-state index in [1.807, 2.05) is 11.4 Å². The fraction of sp³-hybridized carbons (Fsp3) is 0.143. The van der Waals surface area contributed by atoms with Crippen LogP contribution in [-0.4, -0.2) is 39.1 Å². The summed E-state index contributed by atoms with van der Waals surface area (Å²) >= 11 is 7.49. The number of aryl methyl sites for hydroxylation is 1. The van der Waals surface area contributed by atoms with Crippen LogP contribution in [0.5, 0.6) is 5.75 Å². The first-order valence-electron chi connectivity index (χ1n) is 9.60. The third-order valence-electron chi connectivity index (χ3n) is 4.59. The minimum absolute atomic E-state index is 0.0179. The Morgan fingerprint density at radius 2 is 2.06 bits per heavy atom. The van der Waals surface area contributed by atoms with E-state index in [1.165, 1.54) is 61.9 Å². The minimum atomic E-state index is -4.46. The number of benzene rings is 2. The highest BCUT2D eigenvalue weighted by Gasteiger charge is 2.31. The zero-order valence-corrected chi connectivity index (χ0v) is 20.4. The number of anilines is 1. The van der Waals surface area contributed by atoms with E-state index >= 15 is 0 Å². The Kier molecular flexibility index (Phi) is 7.87. The van der Waals surface area contributed by atoms with Gasteiger partial charge in [-0.1, -0.05) is 23.7 Å². The molecule has 0 saturated heterocycles. The second-order valence-corrected chi connectivity index (χ2v) is 10.1. The fourth-order valence-electron chi connectivity index (χ4n) is 2.93. The molecule has 178 valence electrons. The average molecular weight is 523 g/mol. The van der Waals surface area contributed by atoms with Crippen molar-refractivity contribution in [2.75, 3.05) is 18.0 Å². The number of hydrazone groups is 1. The Hall–Kier alpha value is -3.48. The maximum atomic E-state index is 13.6. The molecule has 0 spiro atoms. The van der Waals surface area contributed by atoms with Crippen LogP contribution in [0.1, 0.15) is 10.4 Å². The quantitative estimate of drug-likeness (QED) is 0.257. The number of carbonyl (C=O) groups excluding carboxylic acids is 1. The van der Waals surface area contributed by atoms with Gasteiger partial charge in [-0.15, -0.1) is 11.3 Å². The predicted molar refractivity (Wildman–Crippen MR) is 130 cm³/mol. The molecule has 0 aliphatic rings. The molecule has 1 amide bonds. The number of sulfonamides is 1. The van der Waals surface area contributed by atoms with E-state index in [0.717, 1.165) is 15.2 Å². The molecular formula is C21H19ClN4O6S2. The number of nitro groups is 1. The number of carbonyl (C=O) groups is 1. The molecule has 1 aromatic heterocycles. The second-order valence-electron chi connectivity index (χ2n) is 6.84. The van der Waals surface area contributed by atoms with Crippen LogP contribution in [0.25, 0.3) is 0 Å². The van der Waals surface area contributed by atoms with E-state index in [-0.39, 0.29) is 32.6 Å². The molecule has 0 unspecified atom stereocenters. The van der Waals surface area contributed by atoms with Crippen LogP contribution in [0.4, 0.5) is 11.4 Å². The van der Waals surface area contributed by atoms with E-state index in [0.29, 0.717) is 0 Å². The van der Waals surface area contributed by atoms with Crippen LogP contribution < -0.4 is 14.5 Å². The summed E-state index contributed by atoms with van der Waals surface area (Å²) in [5.41, 5.74) is 2.18. The van der Waals surface area contributed by atoms with Gasteiger partial charge < -0.3 is 4.74 Å². The highest BCUT2D eigenvalue weighted by atomic mass is 35.5. The van der Waals surface area contributed by atoms with Crippen LogP contribution in [0.15, 0.2) is 63.9 Å². The summed E-state index contributed by atoms with van der Waals surface area (Å²) in [5, 5.41) is 17.2. The first-order chi connectivity index (χ1) is 16.1. The number of rotatable bonds is 9. The molecule has 13 heteroatoms. The molecule has 0 saturated carbocycles. The van der Waals surface area contributed by atoms with Crippen LogP contribution >= 0.6 is 22.9 Å². The smallest absolute Gasteiger partial charge is 0.273 e. The van der Waals surface area contributed by atoms with Gasteiger partial charge in [0.25, 0.3) is 21.6 Å². The van der Waals surface area contributed by atoms with Crippen molar-refractivity contribution < 1.29 is 22.9 Å². The molecule has 0 atom stereocenters. The van der Waals surface area contributed by atoms with Gasteiger partial charge in [0.05, 0.1) is 28.8 Å². The topological polar surface area (TPSA) is 131 Å². The van der Waals surface area contributed by atoms with Gasteiger partial charge in [-0.05, 0) is 42.6 Å². The third-order valence-corrected chi connectivity index (χ3v) is 7.38. The van der Waals surface area contributed by atoms with E-state index < -0.39 is 27.4 Å². The molecule has 0 fully saturated rings. The summed E-state index contributed by atoms with van der Waals surface area (Å²) in [6, 6.07) is 11.4. The number of nitro benzene ring substituents is 1. The van der Waals surface area contributed by atoms with E-state index in [4.69, 9.17) is 16.3 Å². The van der Waals surface area contributed by atoms with Gasteiger partial charge >= 0.3 is 0 Å². The molecule has 1 heterocycles. The number of hydrogen-bond acceptors (Lipinski definition) is 8. The third kappa shape index (κ3) is 5.71. The zero-order valence-electron chi connectivity index (χ0n) is 18.0. The van der Waals surface area contributed by atoms with Gasteiger partial charge in [-0.25, -0.2) is 13.8 Å². The number of hydrogen-bond donors (Lipinski definition) is 1. The van der Waals surface area contributed by atoms with Crippen molar-refractivity contribution in [2.45, 2.75) is 11.8 Å². The summed E-state index contributed by atoms with van der Waals surface area (Å²) in [6.45, 7) is 0.799. The summed E-state index contributed by atoms with van der Waals surface area (Å²) in [4.78, 5) is 23.7. The lowest BCUT2D eigenvalue weighted by Gasteiger charge is -2.25. The maximum absolute atomic E-state index is 13.6. The summed E-state index contributed by atoms with van der Waals surface area (Å²) < 4.78 is 33.2. The van der Waals surface area contributed by atoms with Crippen molar-refractivity contribution in [1.82, 2.24) is 5.43 Å². The van der Waals surface area contributed by atoms with E-state index in [9.17, 15) is 23.3 Å². The molecule has 1 N–H and O–H groups in total. The number of ether oxygens (including phenoxy) is 1. The Balaban J connectivity index is 2.03. The van der Waals surface area contributed by atoms with Crippen molar-refractivity contribution in [3.8, 4) is 5.75 Å². The van der Waals surface area contributed by atoms with Crippen LogP contribution in [0, 0.1) is 17.0 Å². The highest BCUT2D eigenvalue weighted by molar-refractivity contribution is 7.92. The monoisotopic (exact) mass is 522 g/mol. The minimum Gasteiger partial charge on any atom is -0.495 e. The van der Waals surface area contributed by atoms with Gasteiger partial charge in [0, 0.05) is 21.5 Å². The number of methoxy groups -OCH3 is 1. The summed E-state index contributed by atoms with van der Waals surface area (Å²) in [5.74, 6) is -0.621. The van der Waals surface area contributed by atoms with Gasteiger partial charge in [-0.2, -0.15) is 5.10 Å². The first kappa shape index (κ1) is 25.1. The van der Waals surface area contributed by atoms with Crippen molar-refractivity contribution in [3.63, 3.8) is 0 Å². The normalized spacial score (nSPS) is 11.4. The molecule has 3 rings (SSSR count). The SMILES string of the molecule is COc1ccc(Cl)cc1N(CC(=O)N/N=C\c1cccs1)S(=O)(=O)c1ccc(C)c([N+](=O)[O-])c1. The standard InChI is InChI=1S/C21H19ClN4O6S2/c1-14-5-7-17(11-18(14)26(28)29)34(30,31)25(19-10-15(22)6-8-20(19)32-2)13-21(27)24-23-12-16-4-3-9-33-16/h3-12H,13H2,1-2H3,(H,24,27)/b23-12-. The number of halogens is 1. The predicted octanol–water partition coefficient (Wildman–Crippen LogP) is 3.97. The Labute approximate surface area is 204 Å². The first-order valence-corrected chi connectivity index (χ1v) is 12.3. The van der Waals surface area contributed by atoms with Crippen molar-refractivity contribution in [2.24, 2.45) is 5.10 Å². The molecule has 0 radical (unpaired) electrons. The molecule has 10 nitrogen and oxygen atoms in total. The fourth-order valence-corrected chi connectivity index (χ4v) is 5.12. The largest absolute Gasteiger partial charge is 0.495 e. The summed E-state index contributed by atoms with van der Waals surface area (Å²) in [7, 11) is -3.13. The average Bonchev–Trinajstić information content (AvgIpc) is 3.31. The lowest BCUT2D eigenvalue weighted by molar-refractivity contribution is -0.385. The highest BCUT2D eigenvalue weighted by Crippen LogP contribution is 2.35. The van der Waals surface area contributed by atoms with Crippen molar-refractivity contribution >= 4 is 56.5 Å². The second kappa shape index (κ2) is 10.6. The number of amides is 1. The molecule has 3 aromatic rings. The van der Waals surface area contributed by atoms with Crippen molar-refractivity contribution in [3.05, 3.63) is 79.5 Å². The van der Waals surface area contributed by atoms with Gasteiger partial charge in [0.1, 0.15) is 12.3 Å². The maximum Gasteiger partial charge on any atom is 0.273 e. The van der Waals surface area contributed by atoms with Gasteiger partial charge in [0.15, 0.2) is 0 Å². The molecule has 0 aliphatic heterocycles. The lowest BCUT2D eigenvalue weighted by atomic mass is 10.2. The van der Waals surface area contributed by atoms with Gasteiger partial charge in [-0.3, -0.25) is 19.2 Å². The molecule has 0 bridgehead atoms. The molecule has 0 aliphatic carbocycles. The zero-order chi connectivity index (χ0) is 24.9. The Bertz CT molecular complexity index is 1340. The number of thiophene rings is 1. The number of nitrogens with zero attached hydrogens (tertiary/aromatic N) is 3.